The van der Waals surface area contributed by atoms with Crippen LogP contribution in [0, 0.1) is 0 Å². The highest BCUT2D eigenvalue weighted by atomic mass is 79.9. The molecule has 0 aliphatic heterocycles. The molecule has 17 heavy (non-hydrogen) atoms. The zero-order valence-electron chi connectivity index (χ0n) is 10.2. The van der Waals surface area contributed by atoms with E-state index < -0.39 is 0 Å². The van der Waals surface area contributed by atoms with Crippen molar-refractivity contribution in [2.24, 2.45) is 0 Å². The third-order valence-electron chi connectivity index (χ3n) is 2.61. The second-order valence-electron chi connectivity index (χ2n) is 3.92. The van der Waals surface area contributed by atoms with Crippen molar-refractivity contribution in [2.75, 3.05) is 19.0 Å². The lowest BCUT2D eigenvalue weighted by molar-refractivity contribution is -0.131. The van der Waals surface area contributed by atoms with Gasteiger partial charge in [0, 0.05) is 18.4 Å². The van der Waals surface area contributed by atoms with Crippen LogP contribution >= 0.6 is 15.9 Å². The molecule has 0 radical (unpaired) electrons. The molecule has 1 aromatic rings. The third kappa shape index (κ3) is 4.77. The van der Waals surface area contributed by atoms with Crippen molar-refractivity contribution in [3.05, 3.63) is 30.3 Å². The number of benzene rings is 1. The van der Waals surface area contributed by atoms with E-state index in [0.29, 0.717) is 13.0 Å². The van der Waals surface area contributed by atoms with Crippen LogP contribution in [0.2, 0.25) is 0 Å². The van der Waals surface area contributed by atoms with E-state index in [0.717, 1.165) is 11.1 Å². The van der Waals surface area contributed by atoms with Crippen LogP contribution in [0.15, 0.2) is 30.3 Å². The van der Waals surface area contributed by atoms with E-state index in [9.17, 15) is 4.79 Å². The summed E-state index contributed by atoms with van der Waals surface area (Å²) in [6.07, 6.45) is 0.405. The van der Waals surface area contributed by atoms with Crippen LogP contribution in [0.5, 0.6) is 5.75 Å². The Kier molecular flexibility index (Phi) is 6.05. The second kappa shape index (κ2) is 7.33. The fraction of sp³-hybridized carbons (Fsp3) is 0.462. The number of alkyl halides is 1. The molecule has 1 aromatic carbocycles. The maximum absolute atomic E-state index is 11.8. The van der Waals surface area contributed by atoms with E-state index in [1.54, 1.807) is 4.90 Å². The molecule has 4 heteroatoms. The molecular weight excluding hydrogens is 282 g/mol. The van der Waals surface area contributed by atoms with Crippen molar-refractivity contribution in [1.82, 2.24) is 4.90 Å². The van der Waals surface area contributed by atoms with Gasteiger partial charge in [-0.05, 0) is 19.1 Å². The summed E-state index contributed by atoms with van der Waals surface area (Å²) in [6.45, 7) is 2.42. The molecule has 1 unspecified atom stereocenters. The van der Waals surface area contributed by atoms with Crippen molar-refractivity contribution in [3.8, 4) is 5.75 Å². The number of halogens is 1. The molecule has 3 nitrogen and oxygen atoms in total. The Morgan fingerprint density at radius 3 is 2.65 bits per heavy atom. The lowest BCUT2D eigenvalue weighted by Crippen LogP contribution is -2.36. The van der Waals surface area contributed by atoms with Gasteiger partial charge in [-0.1, -0.05) is 34.1 Å². The molecule has 0 fully saturated rings. The molecule has 1 rings (SSSR count). The van der Waals surface area contributed by atoms with Crippen LogP contribution < -0.4 is 4.74 Å². The molecule has 0 aliphatic rings. The smallest absolute Gasteiger partial charge is 0.226 e. The Balaban J connectivity index is 2.29. The van der Waals surface area contributed by atoms with Gasteiger partial charge in [-0.25, -0.2) is 0 Å². The van der Waals surface area contributed by atoms with E-state index in [1.807, 2.05) is 44.3 Å². The Morgan fingerprint density at radius 2 is 2.06 bits per heavy atom. The first-order chi connectivity index (χ1) is 8.15. The molecule has 0 heterocycles. The number of rotatable bonds is 6. The first kappa shape index (κ1) is 14.0. The van der Waals surface area contributed by atoms with E-state index >= 15 is 0 Å². The minimum atomic E-state index is 0.105. The number of hydrogen-bond donors (Lipinski definition) is 0. The molecule has 1 atom stereocenters. The topological polar surface area (TPSA) is 29.5 Å². The van der Waals surface area contributed by atoms with Gasteiger partial charge in [0.05, 0.1) is 13.0 Å². The van der Waals surface area contributed by atoms with Gasteiger partial charge < -0.3 is 9.64 Å². The zero-order valence-corrected chi connectivity index (χ0v) is 11.8. The molecule has 0 saturated heterocycles. The van der Waals surface area contributed by atoms with Crippen molar-refractivity contribution in [1.29, 1.82) is 0 Å². The predicted molar refractivity (Wildman–Crippen MR) is 72.6 cm³/mol. The second-order valence-corrected chi connectivity index (χ2v) is 4.57. The van der Waals surface area contributed by atoms with E-state index in [-0.39, 0.29) is 11.9 Å². The van der Waals surface area contributed by atoms with Gasteiger partial charge in [-0.3, -0.25) is 4.79 Å². The fourth-order valence-corrected chi connectivity index (χ4v) is 1.73. The number of nitrogens with zero attached hydrogens (tertiary/aromatic N) is 1. The van der Waals surface area contributed by atoms with Gasteiger partial charge >= 0.3 is 0 Å². The molecular formula is C13H18BrNO2. The Morgan fingerprint density at radius 1 is 1.41 bits per heavy atom. The summed E-state index contributed by atoms with van der Waals surface area (Å²) >= 11 is 3.36. The molecule has 0 bridgehead atoms. The van der Waals surface area contributed by atoms with Gasteiger partial charge in [0.25, 0.3) is 0 Å². The van der Waals surface area contributed by atoms with Crippen LogP contribution in [-0.4, -0.2) is 35.8 Å². The molecule has 0 spiro atoms. The van der Waals surface area contributed by atoms with Gasteiger partial charge in [-0.2, -0.15) is 0 Å². The van der Waals surface area contributed by atoms with Gasteiger partial charge in [-0.15, -0.1) is 0 Å². The summed E-state index contributed by atoms with van der Waals surface area (Å²) in [5.41, 5.74) is 0. The molecule has 0 aliphatic carbocycles. The standard InChI is InChI=1S/C13H18BrNO2/c1-11(10-14)15(2)13(16)8-9-17-12-6-4-3-5-7-12/h3-7,11H,8-10H2,1-2H3. The first-order valence-electron chi connectivity index (χ1n) is 5.64. The summed E-state index contributed by atoms with van der Waals surface area (Å²) < 4.78 is 5.48. The lowest BCUT2D eigenvalue weighted by Gasteiger charge is -2.23. The molecule has 0 N–H and O–H groups in total. The normalized spacial score (nSPS) is 11.9. The average Bonchev–Trinajstić information content (AvgIpc) is 2.38. The van der Waals surface area contributed by atoms with Crippen LogP contribution in [0.4, 0.5) is 0 Å². The third-order valence-corrected chi connectivity index (χ3v) is 3.54. The number of carbonyl (C=O) groups is 1. The predicted octanol–water partition coefficient (Wildman–Crippen LogP) is 2.70. The van der Waals surface area contributed by atoms with Crippen molar-refractivity contribution >= 4 is 21.8 Å². The summed E-state index contributed by atoms with van der Waals surface area (Å²) in [6, 6.07) is 9.74. The summed E-state index contributed by atoms with van der Waals surface area (Å²) in [7, 11) is 1.82. The molecule has 0 saturated carbocycles. The van der Waals surface area contributed by atoms with Crippen molar-refractivity contribution < 1.29 is 9.53 Å². The Labute approximate surface area is 111 Å². The number of amides is 1. The summed E-state index contributed by atoms with van der Waals surface area (Å²) in [4.78, 5) is 13.5. The van der Waals surface area contributed by atoms with Gasteiger partial charge in [0.1, 0.15) is 5.75 Å². The maximum atomic E-state index is 11.8. The SMILES string of the molecule is CC(CBr)N(C)C(=O)CCOc1ccccc1. The van der Waals surface area contributed by atoms with Crippen LogP contribution in [-0.2, 0) is 4.79 Å². The fourth-order valence-electron chi connectivity index (χ4n) is 1.30. The highest BCUT2D eigenvalue weighted by Crippen LogP contribution is 2.09. The van der Waals surface area contributed by atoms with Crippen LogP contribution in [0.3, 0.4) is 0 Å². The number of ether oxygens (including phenoxy) is 1. The zero-order chi connectivity index (χ0) is 12.7. The molecule has 1 amide bonds. The Bertz CT molecular complexity index is 343. The van der Waals surface area contributed by atoms with Gasteiger partial charge in [0.15, 0.2) is 0 Å². The van der Waals surface area contributed by atoms with Crippen molar-refractivity contribution in [2.45, 2.75) is 19.4 Å². The lowest BCUT2D eigenvalue weighted by atomic mass is 10.3. The summed E-state index contributed by atoms with van der Waals surface area (Å²) in [5.74, 6) is 0.907. The minimum Gasteiger partial charge on any atom is -0.493 e. The van der Waals surface area contributed by atoms with Gasteiger partial charge in [0.2, 0.25) is 5.91 Å². The largest absolute Gasteiger partial charge is 0.493 e. The quantitative estimate of drug-likeness (QED) is 0.756. The first-order valence-corrected chi connectivity index (χ1v) is 6.76. The van der Waals surface area contributed by atoms with E-state index in [2.05, 4.69) is 15.9 Å². The minimum absolute atomic E-state index is 0.105. The highest BCUT2D eigenvalue weighted by Gasteiger charge is 2.14. The number of carbonyl (C=O) groups excluding carboxylic acids is 1. The van der Waals surface area contributed by atoms with Crippen LogP contribution in [0.1, 0.15) is 13.3 Å². The highest BCUT2D eigenvalue weighted by molar-refractivity contribution is 9.09. The van der Waals surface area contributed by atoms with E-state index in [1.165, 1.54) is 0 Å². The van der Waals surface area contributed by atoms with Crippen LogP contribution in [0.25, 0.3) is 0 Å². The average molecular weight is 300 g/mol. The molecule has 94 valence electrons. The van der Waals surface area contributed by atoms with Crippen molar-refractivity contribution in [3.63, 3.8) is 0 Å². The molecule has 0 aromatic heterocycles. The number of hydrogen-bond acceptors (Lipinski definition) is 2. The number of para-hydroxylation sites is 1. The monoisotopic (exact) mass is 299 g/mol. The maximum Gasteiger partial charge on any atom is 0.226 e. The van der Waals surface area contributed by atoms with E-state index in [4.69, 9.17) is 4.74 Å². The summed E-state index contributed by atoms with van der Waals surface area (Å²) in [5, 5.41) is 0.786. The Hall–Kier alpha value is -1.03.